The first-order chi connectivity index (χ1) is 38.3. The van der Waals surface area contributed by atoms with Gasteiger partial charge in [-0.1, -0.05) is 122 Å². The average Bonchev–Trinajstić information content (AvgIpc) is 4.17. The van der Waals surface area contributed by atoms with Crippen LogP contribution in [0, 0.1) is 70.0 Å². The summed E-state index contributed by atoms with van der Waals surface area (Å²) >= 11 is 0. The summed E-state index contributed by atoms with van der Waals surface area (Å²) in [6, 6.07) is 0. The van der Waals surface area contributed by atoms with Gasteiger partial charge in [-0.2, -0.15) is 30.4 Å². The molecule has 10 unspecified atom stereocenters. The highest BCUT2D eigenvalue weighted by atomic mass is 32.2. The molecule has 8 rings (SSSR count). The molecule has 10 nitrogen and oxygen atoms in total. The Hall–Kier alpha value is -2.72. The molecule has 0 saturated heterocycles. The molecule has 0 bridgehead atoms. The molecule has 0 amide bonds. The lowest BCUT2D eigenvalue weighted by molar-refractivity contribution is -0.284. The van der Waals surface area contributed by atoms with Gasteiger partial charge in [0.25, 0.3) is 10.1 Å². The van der Waals surface area contributed by atoms with Crippen LogP contribution < -0.4 is 0 Å². The van der Waals surface area contributed by atoms with E-state index in [0.29, 0.717) is 71.9 Å². The molecule has 14 atom stereocenters. The van der Waals surface area contributed by atoms with E-state index in [2.05, 4.69) is 26.8 Å². The number of carbonyl (C=O) groups excluding carboxylic acids is 4. The van der Waals surface area contributed by atoms with Crippen molar-refractivity contribution in [2.45, 2.75) is 271 Å². The first kappa shape index (κ1) is 67.4. The number of rotatable bonds is 25. The summed E-state index contributed by atoms with van der Waals surface area (Å²) in [5, 5.41) is 7.99. The quantitative estimate of drug-likeness (QED) is 0.0405. The van der Waals surface area contributed by atoms with Crippen molar-refractivity contribution >= 4 is 33.6 Å². The van der Waals surface area contributed by atoms with Crippen molar-refractivity contribution < 1.29 is 68.3 Å². The number of allylic oxidation sites excluding steroid dienone is 2. The van der Waals surface area contributed by atoms with E-state index in [-0.39, 0.29) is 35.0 Å². The Labute approximate surface area is 483 Å². The molecule has 0 heterocycles. The fourth-order valence-corrected chi connectivity index (χ4v) is 18.0. The summed E-state index contributed by atoms with van der Waals surface area (Å²) in [5.74, 6) is 2.49. The number of ketones is 2. The van der Waals surface area contributed by atoms with Crippen molar-refractivity contribution in [2.75, 3.05) is 19.5 Å². The zero-order chi connectivity index (χ0) is 59.2. The number of hydrogen-bond acceptors (Lipinski definition) is 10. The summed E-state index contributed by atoms with van der Waals surface area (Å²) in [6.45, 7) is 9.86. The largest absolute Gasteiger partial charge is 0.462 e. The molecule has 0 radical (unpaired) electrons. The van der Waals surface area contributed by atoms with E-state index in [9.17, 15) is 49.5 Å². The van der Waals surface area contributed by atoms with E-state index >= 15 is 0 Å². The highest BCUT2D eigenvalue weighted by Crippen LogP contribution is 2.66. The SMILES string of the molecule is CC(=O)O[C@H]1CCC2C3C(CCCCCCCCCOS(C)(=O)=O)CC4=CC(=O)CCC4C3CC[C@@]21C.CCCCCCCCCCC1CC2=CC(=O)CCC2C2CC[C@@]3(C)C(CC[C@@H]3OC(C)=O)C12.OCCCC(F)(F)C(F)(F)F. The molecule has 8 aliphatic carbocycles. The van der Waals surface area contributed by atoms with Gasteiger partial charge < -0.3 is 14.6 Å². The number of alkyl halides is 5. The molecule has 1 N–H and O–H groups in total. The van der Waals surface area contributed by atoms with Crippen molar-refractivity contribution in [2.24, 2.45) is 70.0 Å². The van der Waals surface area contributed by atoms with Crippen molar-refractivity contribution in [1.29, 1.82) is 0 Å². The van der Waals surface area contributed by atoms with E-state index in [1.807, 2.05) is 6.08 Å². The van der Waals surface area contributed by atoms with E-state index in [0.717, 1.165) is 88.7 Å². The molecule has 0 aliphatic heterocycles. The number of ether oxygens (including phenoxy) is 2. The van der Waals surface area contributed by atoms with Crippen LogP contribution >= 0.6 is 0 Å². The van der Waals surface area contributed by atoms with Crippen molar-refractivity contribution in [3.05, 3.63) is 23.3 Å². The molecule has 8 aliphatic rings. The second-order valence-electron chi connectivity index (χ2n) is 26.8. The van der Waals surface area contributed by atoms with E-state index in [4.69, 9.17) is 18.8 Å². The maximum atomic E-state index is 12.3. The number of carbonyl (C=O) groups is 4. The van der Waals surface area contributed by atoms with Gasteiger partial charge in [-0.15, -0.1) is 0 Å². The first-order valence-electron chi connectivity index (χ1n) is 32.0. The fraction of sp³-hybridized carbons (Fsp3) is 0.877. The summed E-state index contributed by atoms with van der Waals surface area (Å²) in [6.07, 6.45) is 34.2. The number of unbranched alkanes of at least 4 members (excludes halogenated alkanes) is 13. The minimum Gasteiger partial charge on any atom is -0.462 e. The van der Waals surface area contributed by atoms with Gasteiger partial charge >= 0.3 is 24.0 Å². The molecule has 464 valence electrons. The number of esters is 2. The van der Waals surface area contributed by atoms with Crippen LogP contribution in [0.5, 0.6) is 0 Å². The minimum absolute atomic E-state index is 0.0595. The van der Waals surface area contributed by atoms with E-state index in [1.165, 1.54) is 133 Å². The monoisotopic (exact) mass is 1170 g/mol. The third-order valence-electron chi connectivity index (χ3n) is 21.4. The third kappa shape index (κ3) is 18.2. The van der Waals surface area contributed by atoms with Gasteiger partial charge in [-0.05, 0) is 174 Å². The second kappa shape index (κ2) is 30.6. The predicted octanol–water partition coefficient (Wildman–Crippen LogP) is 16.2. The van der Waals surface area contributed by atoms with Crippen molar-refractivity contribution in [1.82, 2.24) is 0 Å². The Bertz CT molecular complexity index is 2230. The molecule has 0 aromatic heterocycles. The van der Waals surface area contributed by atoms with Crippen LogP contribution in [0.1, 0.15) is 247 Å². The number of aliphatic hydroxyl groups excluding tert-OH is 1. The van der Waals surface area contributed by atoms with E-state index < -0.39 is 41.7 Å². The van der Waals surface area contributed by atoms with Crippen LogP contribution in [0.2, 0.25) is 0 Å². The van der Waals surface area contributed by atoms with Crippen LogP contribution in [0.15, 0.2) is 23.3 Å². The number of halogens is 5. The predicted molar refractivity (Wildman–Crippen MR) is 305 cm³/mol. The fourth-order valence-electron chi connectivity index (χ4n) is 17.6. The molecular formula is C65H103F5O10S. The lowest BCUT2D eigenvalue weighted by atomic mass is 9.49. The zero-order valence-corrected chi connectivity index (χ0v) is 51.1. The minimum atomic E-state index is -5.50. The molecule has 16 heteroatoms. The topological polar surface area (TPSA) is 150 Å². The standard InChI is InChI=1S/C30H48O6S.C30H48O3.C5H7F5O/c1-21(31)36-28-15-14-27-29-22(11-9-7-5-4-6-8-10-18-35-37(3,33)34)19-23-20-24(32)12-13-25(23)26(29)16-17-30(27,28)2;1-4-5-6-7-8-9-10-11-12-22-19-23-20-24(32)13-14-25(23)26-17-18-30(3)27(29(22)26)15-16-28(30)33-21(2)31;6-4(7,2-1-3-11)5(8,9)10/h20,22,25-29H,4-19H2,1-3H3;20,22,25-29H,4-19H2,1-3H3;11H,1-3H2/t2*22?,25?,26?,27?,28-,29?,30-;/m00./s1. The Morgan fingerprint density at radius 2 is 1.01 bits per heavy atom. The van der Waals surface area contributed by atoms with Crippen LogP contribution in [-0.4, -0.2) is 80.8 Å². The van der Waals surface area contributed by atoms with Crippen LogP contribution in [0.3, 0.4) is 0 Å². The van der Waals surface area contributed by atoms with Gasteiger partial charge in [0.05, 0.1) is 12.9 Å². The summed E-state index contributed by atoms with van der Waals surface area (Å²) in [4.78, 5) is 48.2. The Kier molecular flexibility index (Phi) is 25.4. The second-order valence-corrected chi connectivity index (χ2v) is 28.5. The maximum Gasteiger partial charge on any atom is 0.453 e. The molecular weight excluding hydrogens is 1070 g/mol. The number of hydrogen-bond donors (Lipinski definition) is 1. The highest BCUT2D eigenvalue weighted by Gasteiger charge is 2.61. The van der Waals surface area contributed by atoms with Gasteiger partial charge in [0, 0.05) is 50.5 Å². The van der Waals surface area contributed by atoms with Gasteiger partial charge in [0.15, 0.2) is 11.6 Å². The highest BCUT2D eigenvalue weighted by molar-refractivity contribution is 7.85. The van der Waals surface area contributed by atoms with Gasteiger partial charge in [0.2, 0.25) is 0 Å². The maximum absolute atomic E-state index is 12.3. The van der Waals surface area contributed by atoms with Crippen molar-refractivity contribution in [3.8, 4) is 0 Å². The number of fused-ring (bicyclic) bond motifs is 10. The lowest BCUT2D eigenvalue weighted by Gasteiger charge is -2.56. The Morgan fingerprint density at radius 1 is 0.605 bits per heavy atom. The number of aliphatic hydroxyl groups is 1. The molecule has 0 aromatic carbocycles. The molecule has 0 spiro atoms. The van der Waals surface area contributed by atoms with Gasteiger partial charge in [-0.25, -0.2) is 0 Å². The van der Waals surface area contributed by atoms with Crippen LogP contribution in [-0.2, 0) is 43.0 Å². The molecule has 6 fully saturated rings. The lowest BCUT2D eigenvalue weighted by Crippen LogP contribution is -2.51. The van der Waals surface area contributed by atoms with Gasteiger partial charge in [0.1, 0.15) is 12.2 Å². The smallest absolute Gasteiger partial charge is 0.453 e. The molecule has 81 heavy (non-hydrogen) atoms. The normalized spacial score (nSPS) is 33.3. The summed E-state index contributed by atoms with van der Waals surface area (Å²) in [5.41, 5.74) is 3.18. The van der Waals surface area contributed by atoms with Gasteiger partial charge in [-0.3, -0.25) is 23.4 Å². The first-order valence-corrected chi connectivity index (χ1v) is 33.9. The van der Waals surface area contributed by atoms with Crippen LogP contribution in [0.4, 0.5) is 22.0 Å². The zero-order valence-electron chi connectivity index (χ0n) is 50.3. The summed E-state index contributed by atoms with van der Waals surface area (Å²) in [7, 11) is -3.32. The van der Waals surface area contributed by atoms with E-state index in [1.54, 1.807) is 13.8 Å². The molecule has 6 saturated carbocycles. The third-order valence-corrected chi connectivity index (χ3v) is 22.0. The Morgan fingerprint density at radius 3 is 1.40 bits per heavy atom. The van der Waals surface area contributed by atoms with Crippen molar-refractivity contribution in [3.63, 3.8) is 0 Å². The average molecular weight is 1170 g/mol. The summed E-state index contributed by atoms with van der Waals surface area (Å²) < 4.78 is 96.3. The molecule has 0 aromatic rings. The van der Waals surface area contributed by atoms with Crippen LogP contribution in [0.25, 0.3) is 0 Å². The Balaban J connectivity index is 0.000000221.